The quantitative estimate of drug-likeness (QED) is 0.592. The molecule has 0 amide bonds. The molecule has 0 saturated heterocycles. The predicted molar refractivity (Wildman–Crippen MR) is 75.3 cm³/mol. The molecule has 1 heterocycles. The minimum atomic E-state index is 0.555. The Morgan fingerprint density at radius 1 is 1.39 bits per heavy atom. The number of hydrogen-bond acceptors (Lipinski definition) is 2. The van der Waals surface area contributed by atoms with Crippen LogP contribution in [0.3, 0.4) is 0 Å². The number of hydrogen-bond donors (Lipinski definition) is 1. The molecule has 0 unspecified atom stereocenters. The van der Waals surface area contributed by atoms with Crippen molar-refractivity contribution in [1.82, 2.24) is 9.55 Å². The van der Waals surface area contributed by atoms with E-state index in [1.807, 2.05) is 4.57 Å². The number of aromatic nitrogens is 2. The van der Waals surface area contributed by atoms with E-state index in [2.05, 4.69) is 12.8 Å². The lowest BCUT2D eigenvalue weighted by Gasteiger charge is -2.04. The van der Waals surface area contributed by atoms with Gasteiger partial charge in [-0.15, -0.1) is 6.42 Å². The summed E-state index contributed by atoms with van der Waals surface area (Å²) >= 11 is 0. The van der Waals surface area contributed by atoms with Gasteiger partial charge in [-0.3, -0.25) is 0 Å². The number of nitrogens with zero attached hydrogens (tertiary/aromatic N) is 2. The van der Waals surface area contributed by atoms with Gasteiger partial charge in [0, 0.05) is 5.92 Å². The van der Waals surface area contributed by atoms with Gasteiger partial charge >= 0.3 is 0 Å². The van der Waals surface area contributed by atoms with Gasteiger partial charge in [-0.2, -0.15) is 0 Å². The number of rotatable bonds is 7. The van der Waals surface area contributed by atoms with E-state index in [4.69, 9.17) is 17.1 Å². The minimum Gasteiger partial charge on any atom is -0.384 e. The number of imidazole rings is 1. The number of anilines is 1. The lowest BCUT2D eigenvalue weighted by Crippen LogP contribution is -2.05. The zero-order valence-electron chi connectivity index (χ0n) is 11.3. The van der Waals surface area contributed by atoms with Crippen molar-refractivity contribution in [2.24, 2.45) is 0 Å². The Hall–Kier alpha value is -1.43. The highest BCUT2D eigenvalue weighted by Gasteiger charge is 2.30. The molecule has 2 rings (SSSR count). The summed E-state index contributed by atoms with van der Waals surface area (Å²) in [6.07, 6.45) is 13.9. The highest BCUT2D eigenvalue weighted by atomic mass is 15.1. The Bertz CT molecular complexity index is 435. The molecule has 0 aromatic carbocycles. The van der Waals surface area contributed by atoms with E-state index in [9.17, 15) is 0 Å². The lowest BCUT2D eigenvalue weighted by molar-refractivity contribution is 0.662. The molecule has 0 aliphatic heterocycles. The Balaban J connectivity index is 2.06. The molecule has 0 bridgehead atoms. The molecule has 1 aliphatic rings. The van der Waals surface area contributed by atoms with Crippen LogP contribution in [0, 0.1) is 12.3 Å². The summed E-state index contributed by atoms with van der Waals surface area (Å²) in [5.74, 6) is 5.20. The molecule has 1 fully saturated rings. The monoisotopic (exact) mass is 245 g/mol. The maximum Gasteiger partial charge on any atom is 0.127 e. The fraction of sp³-hybridized carbons (Fsp3) is 0.667. The van der Waals surface area contributed by atoms with Crippen molar-refractivity contribution in [2.75, 3.05) is 5.73 Å². The van der Waals surface area contributed by atoms with E-state index in [-0.39, 0.29) is 0 Å². The second-order valence-corrected chi connectivity index (χ2v) is 5.18. The van der Waals surface area contributed by atoms with Crippen LogP contribution < -0.4 is 5.73 Å². The normalized spacial score (nSPS) is 14.7. The zero-order valence-corrected chi connectivity index (χ0v) is 11.3. The van der Waals surface area contributed by atoms with Crippen molar-refractivity contribution in [2.45, 2.75) is 64.3 Å². The second kappa shape index (κ2) is 5.95. The average molecular weight is 245 g/mol. The number of aryl methyl sites for hydroxylation is 1. The van der Waals surface area contributed by atoms with Crippen LogP contribution in [-0.4, -0.2) is 9.55 Å². The summed E-state index contributed by atoms with van der Waals surface area (Å²) in [6.45, 7) is 2.78. The van der Waals surface area contributed by atoms with Gasteiger partial charge in [-0.25, -0.2) is 4.98 Å². The molecule has 1 saturated carbocycles. The van der Waals surface area contributed by atoms with Crippen LogP contribution in [0.15, 0.2) is 0 Å². The van der Waals surface area contributed by atoms with E-state index >= 15 is 0 Å². The summed E-state index contributed by atoms with van der Waals surface area (Å²) in [6, 6.07) is 0. The van der Waals surface area contributed by atoms with E-state index in [0.29, 0.717) is 12.5 Å². The third-order valence-electron chi connectivity index (χ3n) is 3.57. The maximum atomic E-state index is 6.18. The van der Waals surface area contributed by atoms with Crippen molar-refractivity contribution in [3.05, 3.63) is 11.5 Å². The highest BCUT2D eigenvalue weighted by Crippen LogP contribution is 2.40. The number of terminal acetylenes is 1. The van der Waals surface area contributed by atoms with Gasteiger partial charge in [0.05, 0.1) is 12.2 Å². The summed E-state index contributed by atoms with van der Waals surface area (Å²) in [4.78, 5) is 4.73. The van der Waals surface area contributed by atoms with Crippen LogP contribution in [0.2, 0.25) is 0 Å². The SMILES string of the molecule is C#CCn1c(C2CC2)nc(CCCCCC)c1N. The van der Waals surface area contributed by atoms with E-state index < -0.39 is 0 Å². The smallest absolute Gasteiger partial charge is 0.127 e. The van der Waals surface area contributed by atoms with Crippen LogP contribution in [0.25, 0.3) is 0 Å². The predicted octanol–water partition coefficient (Wildman–Crippen LogP) is 3.10. The van der Waals surface area contributed by atoms with E-state index in [1.54, 1.807) is 0 Å². The fourth-order valence-electron chi connectivity index (χ4n) is 2.35. The second-order valence-electron chi connectivity index (χ2n) is 5.18. The zero-order chi connectivity index (χ0) is 13.0. The molecule has 1 aromatic heterocycles. The van der Waals surface area contributed by atoms with E-state index in [0.717, 1.165) is 23.8 Å². The maximum absolute atomic E-state index is 6.18. The Morgan fingerprint density at radius 3 is 2.78 bits per heavy atom. The van der Waals surface area contributed by atoms with Gasteiger partial charge in [0.15, 0.2) is 0 Å². The van der Waals surface area contributed by atoms with Crippen molar-refractivity contribution in [3.63, 3.8) is 0 Å². The number of nitrogens with two attached hydrogens (primary N) is 1. The van der Waals surface area contributed by atoms with Crippen molar-refractivity contribution in [3.8, 4) is 12.3 Å². The molecule has 1 aromatic rings. The van der Waals surface area contributed by atoms with Gasteiger partial charge in [0.1, 0.15) is 11.6 Å². The summed E-state index contributed by atoms with van der Waals surface area (Å²) in [7, 11) is 0. The number of nitrogen functional groups attached to an aromatic ring is 1. The van der Waals surface area contributed by atoms with Crippen LogP contribution in [0.4, 0.5) is 5.82 Å². The molecule has 98 valence electrons. The van der Waals surface area contributed by atoms with Crippen molar-refractivity contribution < 1.29 is 0 Å². The van der Waals surface area contributed by atoms with Crippen molar-refractivity contribution >= 4 is 5.82 Å². The van der Waals surface area contributed by atoms with Gasteiger partial charge < -0.3 is 10.3 Å². The molecule has 1 aliphatic carbocycles. The summed E-state index contributed by atoms with van der Waals surface area (Å²) in [5, 5.41) is 0. The lowest BCUT2D eigenvalue weighted by atomic mass is 10.1. The molecule has 3 heteroatoms. The van der Waals surface area contributed by atoms with Gasteiger partial charge in [0.25, 0.3) is 0 Å². The van der Waals surface area contributed by atoms with Crippen molar-refractivity contribution in [1.29, 1.82) is 0 Å². The topological polar surface area (TPSA) is 43.8 Å². The Morgan fingerprint density at radius 2 is 2.17 bits per heavy atom. The summed E-state index contributed by atoms with van der Waals surface area (Å²) in [5.41, 5.74) is 7.23. The average Bonchev–Trinajstić information content (AvgIpc) is 3.15. The van der Waals surface area contributed by atoms with Crippen LogP contribution in [-0.2, 0) is 13.0 Å². The molecular formula is C15H23N3. The largest absolute Gasteiger partial charge is 0.384 e. The third kappa shape index (κ3) is 2.87. The first-order valence-corrected chi connectivity index (χ1v) is 7.06. The highest BCUT2D eigenvalue weighted by molar-refractivity contribution is 5.40. The van der Waals surface area contributed by atoms with E-state index in [1.165, 1.54) is 38.5 Å². The Labute approximate surface area is 110 Å². The first-order valence-electron chi connectivity index (χ1n) is 7.06. The molecule has 0 spiro atoms. The van der Waals surface area contributed by atoms with Crippen LogP contribution in [0.1, 0.15) is 62.9 Å². The third-order valence-corrected chi connectivity index (χ3v) is 3.57. The minimum absolute atomic E-state index is 0.555. The fourth-order valence-corrected chi connectivity index (χ4v) is 2.35. The van der Waals surface area contributed by atoms with Crippen LogP contribution in [0.5, 0.6) is 0 Å². The standard InChI is InChI=1S/C15H23N3/c1-3-5-6-7-8-13-14(16)18(11-4-2)15(17-13)12-9-10-12/h2,12H,3,5-11,16H2,1H3. The first kappa shape index (κ1) is 13.0. The van der Waals surface area contributed by atoms with Gasteiger partial charge in [-0.05, 0) is 25.7 Å². The molecule has 0 radical (unpaired) electrons. The molecule has 0 atom stereocenters. The van der Waals surface area contributed by atoms with Crippen LogP contribution >= 0.6 is 0 Å². The Kier molecular flexibility index (Phi) is 4.30. The van der Waals surface area contributed by atoms with Gasteiger partial charge in [0.2, 0.25) is 0 Å². The number of unbranched alkanes of at least 4 members (excludes halogenated alkanes) is 3. The molecule has 18 heavy (non-hydrogen) atoms. The van der Waals surface area contributed by atoms with Gasteiger partial charge in [-0.1, -0.05) is 32.1 Å². The molecular weight excluding hydrogens is 222 g/mol. The molecule has 3 nitrogen and oxygen atoms in total. The first-order chi connectivity index (χ1) is 8.77. The summed E-state index contributed by atoms with van der Waals surface area (Å²) < 4.78 is 2.03. The molecule has 2 N–H and O–H groups in total.